The van der Waals surface area contributed by atoms with Gasteiger partial charge < -0.3 is 19.1 Å². The van der Waals surface area contributed by atoms with Crippen LogP contribution in [0.1, 0.15) is 33.0 Å². The van der Waals surface area contributed by atoms with Gasteiger partial charge in [0.1, 0.15) is 5.60 Å². The van der Waals surface area contributed by atoms with Crippen molar-refractivity contribution < 1.29 is 19.1 Å². The number of hydrogen-bond acceptors (Lipinski definition) is 6. The molecule has 0 saturated carbocycles. The summed E-state index contributed by atoms with van der Waals surface area (Å²) in [6, 6.07) is 4.87. The Balaban J connectivity index is 2.35. The van der Waals surface area contributed by atoms with E-state index in [4.69, 9.17) is 14.0 Å². The molecule has 1 heterocycles. The lowest BCUT2D eigenvalue weighted by Crippen LogP contribution is -2.26. The van der Waals surface area contributed by atoms with Crippen molar-refractivity contribution in [1.82, 2.24) is 10.1 Å². The van der Waals surface area contributed by atoms with Crippen LogP contribution in [0.4, 0.5) is 0 Å². The average Bonchev–Trinajstić information content (AvgIpc) is 2.98. The number of aromatic hydroxyl groups is 1. The molecule has 21 heavy (non-hydrogen) atoms. The largest absolute Gasteiger partial charge is 0.504 e. The zero-order valence-electron chi connectivity index (χ0n) is 12.7. The predicted octanol–water partition coefficient (Wildman–Crippen LogP) is 3.11. The molecule has 0 spiro atoms. The smallest absolute Gasteiger partial charge is 0.258 e. The van der Waals surface area contributed by atoms with Gasteiger partial charge in [-0.25, -0.2) is 0 Å². The second-order valence-electron chi connectivity index (χ2n) is 4.83. The third-order valence-electron chi connectivity index (χ3n) is 3.46. The lowest BCUT2D eigenvalue weighted by atomic mass is 10.0. The van der Waals surface area contributed by atoms with Crippen LogP contribution >= 0.6 is 0 Å². The number of aromatic nitrogens is 2. The Morgan fingerprint density at radius 1 is 1.33 bits per heavy atom. The van der Waals surface area contributed by atoms with Crippen molar-refractivity contribution in [2.24, 2.45) is 0 Å². The molecule has 1 N–H and O–H groups in total. The maximum absolute atomic E-state index is 9.61. The van der Waals surface area contributed by atoms with Crippen molar-refractivity contribution in [2.75, 3.05) is 13.7 Å². The van der Waals surface area contributed by atoms with Crippen molar-refractivity contribution in [3.05, 3.63) is 24.0 Å². The summed E-state index contributed by atoms with van der Waals surface area (Å²) in [7, 11) is 1.49. The minimum atomic E-state index is -0.572. The van der Waals surface area contributed by atoms with Gasteiger partial charge >= 0.3 is 0 Å². The van der Waals surface area contributed by atoms with Crippen LogP contribution in [0, 0.1) is 0 Å². The van der Waals surface area contributed by atoms with E-state index in [-0.39, 0.29) is 5.75 Å². The van der Waals surface area contributed by atoms with Crippen molar-refractivity contribution >= 4 is 0 Å². The first kappa shape index (κ1) is 15.3. The summed E-state index contributed by atoms with van der Waals surface area (Å²) in [6.45, 7) is 6.44. The second-order valence-corrected chi connectivity index (χ2v) is 4.83. The summed E-state index contributed by atoms with van der Waals surface area (Å²) in [5.74, 6) is 1.29. The number of phenolic OH excluding ortho intramolecular Hbond substituents is 1. The third-order valence-corrected chi connectivity index (χ3v) is 3.46. The van der Waals surface area contributed by atoms with E-state index in [1.807, 2.05) is 20.8 Å². The predicted molar refractivity (Wildman–Crippen MR) is 77.2 cm³/mol. The Morgan fingerprint density at radius 2 is 2.10 bits per heavy atom. The Morgan fingerprint density at radius 3 is 2.71 bits per heavy atom. The molecule has 0 aliphatic carbocycles. The Bertz CT molecular complexity index is 611. The summed E-state index contributed by atoms with van der Waals surface area (Å²) in [5.41, 5.74) is 0.107. The highest BCUT2D eigenvalue weighted by Gasteiger charge is 2.31. The third kappa shape index (κ3) is 3.00. The monoisotopic (exact) mass is 292 g/mol. The normalized spacial score (nSPS) is 13.9. The molecule has 0 radical (unpaired) electrons. The summed E-state index contributed by atoms with van der Waals surface area (Å²) in [4.78, 5) is 4.41. The molecule has 0 aliphatic heterocycles. The van der Waals surface area contributed by atoms with E-state index < -0.39 is 5.60 Å². The number of methoxy groups -OCH3 is 1. The van der Waals surface area contributed by atoms with E-state index >= 15 is 0 Å². The summed E-state index contributed by atoms with van der Waals surface area (Å²) in [6.07, 6.45) is 0.735. The van der Waals surface area contributed by atoms with Crippen LogP contribution in [0.5, 0.6) is 11.5 Å². The van der Waals surface area contributed by atoms with Crippen LogP contribution in [0.3, 0.4) is 0 Å². The van der Waals surface area contributed by atoms with Gasteiger partial charge in [0, 0.05) is 12.2 Å². The van der Waals surface area contributed by atoms with E-state index in [9.17, 15) is 5.11 Å². The van der Waals surface area contributed by atoms with Gasteiger partial charge in [0.25, 0.3) is 5.89 Å². The molecule has 0 aliphatic rings. The van der Waals surface area contributed by atoms with E-state index in [1.54, 1.807) is 12.1 Å². The number of ether oxygens (including phenoxy) is 2. The van der Waals surface area contributed by atoms with E-state index in [2.05, 4.69) is 10.1 Å². The van der Waals surface area contributed by atoms with Crippen molar-refractivity contribution in [3.63, 3.8) is 0 Å². The van der Waals surface area contributed by atoms with Crippen LogP contribution in [0.15, 0.2) is 22.7 Å². The van der Waals surface area contributed by atoms with Gasteiger partial charge in [-0.05, 0) is 38.5 Å². The van der Waals surface area contributed by atoms with E-state index in [0.717, 1.165) is 6.42 Å². The summed E-state index contributed by atoms with van der Waals surface area (Å²) >= 11 is 0. The molecule has 0 amide bonds. The lowest BCUT2D eigenvalue weighted by molar-refractivity contribution is -0.0403. The number of hydrogen-bond donors (Lipinski definition) is 1. The minimum absolute atomic E-state index is 0.0636. The van der Waals surface area contributed by atoms with E-state index in [0.29, 0.717) is 29.6 Å². The summed E-state index contributed by atoms with van der Waals surface area (Å²) in [5, 5.41) is 13.6. The number of rotatable bonds is 6. The maximum Gasteiger partial charge on any atom is 0.258 e. The van der Waals surface area contributed by atoms with Crippen LogP contribution < -0.4 is 4.74 Å². The highest BCUT2D eigenvalue weighted by molar-refractivity contribution is 5.59. The molecule has 1 atom stereocenters. The molecule has 0 bridgehead atoms. The Hall–Kier alpha value is -2.08. The second kappa shape index (κ2) is 6.13. The number of benzene rings is 1. The zero-order valence-corrected chi connectivity index (χ0v) is 12.7. The topological polar surface area (TPSA) is 77.6 Å². The molecular formula is C15H20N2O4. The summed E-state index contributed by atoms with van der Waals surface area (Å²) < 4.78 is 16.1. The van der Waals surface area contributed by atoms with Crippen LogP contribution in [-0.4, -0.2) is 29.0 Å². The fourth-order valence-electron chi connectivity index (χ4n) is 2.01. The maximum atomic E-state index is 9.61. The number of phenols is 1. The molecule has 114 valence electrons. The van der Waals surface area contributed by atoms with Gasteiger partial charge in [-0.15, -0.1) is 0 Å². The molecule has 1 aromatic heterocycles. The first-order valence-electron chi connectivity index (χ1n) is 6.89. The van der Waals surface area contributed by atoms with Crippen LogP contribution in [-0.2, 0) is 10.3 Å². The molecule has 0 saturated heterocycles. The first-order valence-corrected chi connectivity index (χ1v) is 6.89. The molecular weight excluding hydrogens is 272 g/mol. The minimum Gasteiger partial charge on any atom is -0.504 e. The molecule has 0 fully saturated rings. The van der Waals surface area contributed by atoms with Gasteiger partial charge in [-0.2, -0.15) is 4.98 Å². The van der Waals surface area contributed by atoms with Crippen LogP contribution in [0.2, 0.25) is 0 Å². The van der Waals surface area contributed by atoms with Gasteiger partial charge in [0.15, 0.2) is 11.5 Å². The highest BCUT2D eigenvalue weighted by Crippen LogP contribution is 2.32. The lowest BCUT2D eigenvalue weighted by Gasteiger charge is -2.23. The number of nitrogens with zero attached hydrogens (tertiary/aromatic N) is 2. The Kier molecular flexibility index (Phi) is 4.47. The van der Waals surface area contributed by atoms with Crippen molar-refractivity contribution in [1.29, 1.82) is 0 Å². The van der Waals surface area contributed by atoms with Gasteiger partial charge in [-0.3, -0.25) is 0 Å². The van der Waals surface area contributed by atoms with Gasteiger partial charge in [0.2, 0.25) is 5.82 Å². The highest BCUT2D eigenvalue weighted by atomic mass is 16.5. The molecule has 2 aromatic rings. The molecule has 1 unspecified atom stereocenters. The average molecular weight is 292 g/mol. The zero-order chi connectivity index (χ0) is 15.5. The van der Waals surface area contributed by atoms with E-state index in [1.165, 1.54) is 13.2 Å². The first-order chi connectivity index (χ1) is 10.0. The standard InChI is InChI=1S/C15H20N2O4/c1-5-15(3,20-6-2)14-16-13(21-17-14)10-7-8-11(18)12(9-10)19-4/h7-9,18H,5-6H2,1-4H3. The van der Waals surface area contributed by atoms with Crippen molar-refractivity contribution in [2.45, 2.75) is 32.8 Å². The molecule has 6 nitrogen and oxygen atoms in total. The Labute approximate surface area is 123 Å². The molecule has 1 aromatic carbocycles. The van der Waals surface area contributed by atoms with Gasteiger partial charge in [0.05, 0.1) is 7.11 Å². The van der Waals surface area contributed by atoms with Crippen LogP contribution in [0.25, 0.3) is 11.5 Å². The van der Waals surface area contributed by atoms with Crippen molar-refractivity contribution in [3.8, 4) is 23.0 Å². The quantitative estimate of drug-likeness (QED) is 0.881. The fraction of sp³-hybridized carbons (Fsp3) is 0.467. The fourth-order valence-corrected chi connectivity index (χ4v) is 2.01. The molecule has 6 heteroatoms. The van der Waals surface area contributed by atoms with Gasteiger partial charge in [-0.1, -0.05) is 12.1 Å². The SMILES string of the molecule is CCOC(C)(CC)c1noc(-c2ccc(O)c(OC)c2)n1. The molecule has 2 rings (SSSR count).